The van der Waals surface area contributed by atoms with E-state index in [0.29, 0.717) is 22.3 Å². The van der Waals surface area contributed by atoms with Crippen molar-refractivity contribution in [3.63, 3.8) is 0 Å². The smallest absolute Gasteiger partial charge is 0.255 e. The molecule has 0 radical (unpaired) electrons. The van der Waals surface area contributed by atoms with Crippen LogP contribution in [0.2, 0.25) is 5.02 Å². The van der Waals surface area contributed by atoms with Crippen molar-refractivity contribution in [2.45, 2.75) is 26.3 Å². The summed E-state index contributed by atoms with van der Waals surface area (Å²) < 4.78 is 0. The van der Waals surface area contributed by atoms with E-state index in [4.69, 9.17) is 17.3 Å². The number of nitrogens with zero attached hydrogens (tertiary/aromatic N) is 2. The van der Waals surface area contributed by atoms with E-state index >= 15 is 0 Å². The second-order valence-electron chi connectivity index (χ2n) is 5.29. The lowest BCUT2D eigenvalue weighted by molar-refractivity contribution is 0.0580. The molecule has 0 saturated carbocycles. The number of hydrogen-bond donors (Lipinski definition) is 1. The van der Waals surface area contributed by atoms with Gasteiger partial charge in [0.2, 0.25) is 0 Å². The lowest BCUT2D eigenvalue weighted by Gasteiger charge is -2.38. The molecule has 1 aromatic rings. The normalized spacial score (nSPS) is 18.1. The second kappa shape index (κ2) is 6.46. The number of benzene rings is 1. The van der Waals surface area contributed by atoms with Crippen LogP contribution in [0.15, 0.2) is 18.2 Å². The average Bonchev–Trinajstić information content (AvgIpc) is 2.48. The number of piperazine rings is 1. The number of nitrogen functional groups attached to an aromatic ring is 1. The van der Waals surface area contributed by atoms with Crippen molar-refractivity contribution in [3.8, 4) is 0 Å². The maximum Gasteiger partial charge on any atom is 0.255 e. The van der Waals surface area contributed by atoms with Gasteiger partial charge in [-0.1, -0.05) is 24.6 Å². The minimum Gasteiger partial charge on any atom is -0.398 e. The maximum absolute atomic E-state index is 12.5. The van der Waals surface area contributed by atoms with Crippen LogP contribution in [-0.2, 0) is 0 Å². The summed E-state index contributed by atoms with van der Waals surface area (Å²) >= 11 is 6.13. The Morgan fingerprint density at radius 2 is 2.00 bits per heavy atom. The molecule has 0 bridgehead atoms. The summed E-state index contributed by atoms with van der Waals surface area (Å²) in [7, 11) is 0. The minimum atomic E-state index is -0.0221. The van der Waals surface area contributed by atoms with E-state index in [1.807, 2.05) is 4.90 Å². The molecule has 0 spiro atoms. The van der Waals surface area contributed by atoms with Crippen LogP contribution in [0.1, 0.15) is 30.6 Å². The van der Waals surface area contributed by atoms with Gasteiger partial charge >= 0.3 is 0 Å². The SMILES string of the molecule is CCC(C)N1CCN(C(=O)c2cccc(N)c2Cl)CC1. The van der Waals surface area contributed by atoms with Crippen LogP contribution in [0, 0.1) is 0 Å². The summed E-state index contributed by atoms with van der Waals surface area (Å²) in [6.07, 6.45) is 1.13. The Hall–Kier alpha value is -1.26. The summed E-state index contributed by atoms with van der Waals surface area (Å²) in [5.41, 5.74) is 6.71. The molecule has 1 aromatic carbocycles. The molecule has 110 valence electrons. The van der Waals surface area contributed by atoms with E-state index < -0.39 is 0 Å². The summed E-state index contributed by atoms with van der Waals surface area (Å²) in [5, 5.41) is 0.363. The van der Waals surface area contributed by atoms with Crippen molar-refractivity contribution >= 4 is 23.2 Å². The highest BCUT2D eigenvalue weighted by Gasteiger charge is 2.25. The largest absolute Gasteiger partial charge is 0.398 e. The van der Waals surface area contributed by atoms with Crippen LogP contribution >= 0.6 is 11.6 Å². The zero-order valence-electron chi connectivity index (χ0n) is 12.1. The minimum absolute atomic E-state index is 0.0221. The fourth-order valence-electron chi connectivity index (χ4n) is 2.51. The molecule has 1 saturated heterocycles. The molecule has 1 atom stereocenters. The molecule has 0 aliphatic carbocycles. The topological polar surface area (TPSA) is 49.6 Å². The van der Waals surface area contributed by atoms with Crippen LogP contribution in [0.5, 0.6) is 0 Å². The number of anilines is 1. The lowest BCUT2D eigenvalue weighted by Crippen LogP contribution is -2.51. The predicted octanol–water partition coefficient (Wildman–Crippen LogP) is 2.48. The molecule has 4 nitrogen and oxygen atoms in total. The number of carbonyl (C=O) groups excluding carboxylic acids is 1. The first-order chi connectivity index (χ1) is 9.54. The molecule has 1 aliphatic heterocycles. The van der Waals surface area contributed by atoms with E-state index in [0.717, 1.165) is 32.6 Å². The molecule has 1 heterocycles. The van der Waals surface area contributed by atoms with E-state index in [2.05, 4.69) is 18.7 Å². The quantitative estimate of drug-likeness (QED) is 0.872. The molecular formula is C15H22ClN3O. The Morgan fingerprint density at radius 1 is 1.35 bits per heavy atom. The van der Waals surface area contributed by atoms with Crippen LogP contribution < -0.4 is 5.73 Å². The summed E-state index contributed by atoms with van der Waals surface area (Å²) in [4.78, 5) is 16.8. The van der Waals surface area contributed by atoms with Gasteiger partial charge in [-0.25, -0.2) is 0 Å². The van der Waals surface area contributed by atoms with Crippen LogP contribution in [0.4, 0.5) is 5.69 Å². The van der Waals surface area contributed by atoms with Gasteiger partial charge < -0.3 is 10.6 Å². The number of nitrogens with two attached hydrogens (primary N) is 1. The summed E-state index contributed by atoms with van der Waals surface area (Å²) in [6, 6.07) is 5.79. The fraction of sp³-hybridized carbons (Fsp3) is 0.533. The van der Waals surface area contributed by atoms with Crippen molar-refractivity contribution < 1.29 is 4.79 Å². The fourth-order valence-corrected chi connectivity index (χ4v) is 2.72. The molecular weight excluding hydrogens is 274 g/mol. The third kappa shape index (κ3) is 3.07. The van der Waals surface area contributed by atoms with Gasteiger partial charge in [0, 0.05) is 32.2 Å². The van der Waals surface area contributed by atoms with Gasteiger partial charge in [0.1, 0.15) is 0 Å². The van der Waals surface area contributed by atoms with E-state index in [9.17, 15) is 4.79 Å². The molecule has 5 heteroatoms. The first-order valence-corrected chi connectivity index (χ1v) is 7.49. The molecule has 2 N–H and O–H groups in total. The molecule has 0 aromatic heterocycles. The highest BCUT2D eigenvalue weighted by atomic mass is 35.5. The predicted molar refractivity (Wildman–Crippen MR) is 83.1 cm³/mol. The van der Waals surface area contributed by atoms with Crippen LogP contribution in [-0.4, -0.2) is 47.9 Å². The monoisotopic (exact) mass is 295 g/mol. The van der Waals surface area contributed by atoms with E-state index in [1.165, 1.54) is 0 Å². The number of halogens is 1. The zero-order chi connectivity index (χ0) is 14.7. The zero-order valence-corrected chi connectivity index (χ0v) is 12.9. The van der Waals surface area contributed by atoms with Gasteiger partial charge in [-0.3, -0.25) is 9.69 Å². The van der Waals surface area contributed by atoms with Crippen molar-refractivity contribution in [3.05, 3.63) is 28.8 Å². The number of rotatable bonds is 3. The Morgan fingerprint density at radius 3 is 2.60 bits per heavy atom. The van der Waals surface area contributed by atoms with Crippen molar-refractivity contribution in [2.24, 2.45) is 0 Å². The van der Waals surface area contributed by atoms with Gasteiger partial charge in [-0.05, 0) is 25.5 Å². The van der Waals surface area contributed by atoms with E-state index in [1.54, 1.807) is 18.2 Å². The number of hydrogen-bond acceptors (Lipinski definition) is 3. The van der Waals surface area contributed by atoms with Crippen LogP contribution in [0.25, 0.3) is 0 Å². The van der Waals surface area contributed by atoms with E-state index in [-0.39, 0.29) is 5.91 Å². The summed E-state index contributed by atoms with van der Waals surface area (Å²) in [6.45, 7) is 7.74. The second-order valence-corrected chi connectivity index (χ2v) is 5.67. The van der Waals surface area contributed by atoms with Gasteiger partial charge in [-0.2, -0.15) is 0 Å². The maximum atomic E-state index is 12.5. The lowest BCUT2D eigenvalue weighted by atomic mass is 10.1. The molecule has 20 heavy (non-hydrogen) atoms. The van der Waals surface area contributed by atoms with Crippen molar-refractivity contribution in [2.75, 3.05) is 31.9 Å². The van der Waals surface area contributed by atoms with Gasteiger partial charge in [-0.15, -0.1) is 0 Å². The standard InChI is InChI=1S/C15H22ClN3O/c1-3-11(2)18-7-9-19(10-8-18)15(20)12-5-4-6-13(17)14(12)16/h4-6,11H,3,7-10,17H2,1-2H3. The Kier molecular flexibility index (Phi) is 4.89. The number of carbonyl (C=O) groups is 1. The van der Waals surface area contributed by atoms with Crippen molar-refractivity contribution in [1.82, 2.24) is 9.80 Å². The third-order valence-corrected chi connectivity index (χ3v) is 4.50. The molecule has 1 amide bonds. The molecule has 1 aliphatic rings. The summed E-state index contributed by atoms with van der Waals surface area (Å²) in [5.74, 6) is -0.0221. The molecule has 1 fully saturated rings. The highest BCUT2D eigenvalue weighted by Crippen LogP contribution is 2.24. The Labute approximate surface area is 125 Å². The number of amides is 1. The first-order valence-electron chi connectivity index (χ1n) is 7.12. The van der Waals surface area contributed by atoms with Gasteiger partial charge in [0.05, 0.1) is 16.3 Å². The molecule has 2 rings (SSSR count). The average molecular weight is 296 g/mol. The first kappa shape index (κ1) is 15.1. The van der Waals surface area contributed by atoms with Crippen molar-refractivity contribution in [1.29, 1.82) is 0 Å². The van der Waals surface area contributed by atoms with Gasteiger partial charge in [0.15, 0.2) is 0 Å². The third-order valence-electron chi connectivity index (χ3n) is 4.07. The Balaban J connectivity index is 2.03. The Bertz CT molecular complexity index is 484. The van der Waals surface area contributed by atoms with Gasteiger partial charge in [0.25, 0.3) is 5.91 Å². The molecule has 1 unspecified atom stereocenters. The highest BCUT2D eigenvalue weighted by molar-refractivity contribution is 6.36. The van der Waals surface area contributed by atoms with Crippen LogP contribution in [0.3, 0.4) is 0 Å².